The van der Waals surface area contributed by atoms with Gasteiger partial charge in [-0.15, -0.1) is 25.3 Å². The Labute approximate surface area is 195 Å². The summed E-state index contributed by atoms with van der Waals surface area (Å²) in [5.74, 6) is -0.422. The van der Waals surface area contributed by atoms with E-state index in [0.717, 1.165) is 0 Å². The first-order chi connectivity index (χ1) is 10.4. The van der Waals surface area contributed by atoms with Crippen molar-refractivity contribution in [2.24, 2.45) is 0 Å². The van der Waals surface area contributed by atoms with Crippen molar-refractivity contribution in [1.82, 2.24) is 0 Å². The molecule has 0 saturated heterocycles. The molecule has 0 heterocycles. The number of rotatable bonds is 4. The molecule has 0 aliphatic rings. The molecule has 0 bridgehead atoms. The van der Waals surface area contributed by atoms with Crippen LogP contribution < -0.4 is 9.47 Å². The van der Waals surface area contributed by atoms with Crippen molar-refractivity contribution in [2.75, 3.05) is 14.2 Å². The number of hydrogen-bond acceptors (Lipinski definition) is 7. The molecule has 2 aromatic rings. The topological polar surface area (TPSA) is 76.0 Å². The Bertz CT molecular complexity index is 692. The molecular weight excluding hydrogens is 370 g/mol. The van der Waals surface area contributed by atoms with Crippen molar-refractivity contribution in [3.8, 4) is 23.0 Å². The van der Waals surface area contributed by atoms with Gasteiger partial charge in [0.15, 0.2) is 0 Å². The summed E-state index contributed by atoms with van der Waals surface area (Å²) in [7, 11) is 2.86. The third kappa shape index (κ3) is 5.02. The predicted molar refractivity (Wildman–Crippen MR) is 102 cm³/mol. The molecule has 2 rings (SSSR count). The van der Waals surface area contributed by atoms with Crippen molar-refractivity contribution < 1.29 is 24.5 Å². The van der Waals surface area contributed by atoms with Crippen molar-refractivity contribution in [2.45, 2.75) is 9.79 Å². The Balaban J connectivity index is 0.00000264. The van der Waals surface area contributed by atoms with Crippen LogP contribution in [0.1, 0.15) is 15.9 Å². The van der Waals surface area contributed by atoms with Crippen LogP contribution >= 0.6 is 25.3 Å². The molecule has 24 heavy (non-hydrogen) atoms. The van der Waals surface area contributed by atoms with Gasteiger partial charge in [-0.3, -0.25) is 4.79 Å². The van der Waals surface area contributed by atoms with Crippen LogP contribution in [-0.4, -0.2) is 89.3 Å². The Morgan fingerprint density at radius 1 is 0.833 bits per heavy atom. The van der Waals surface area contributed by atoms with E-state index in [0.29, 0.717) is 21.3 Å². The fourth-order valence-electron chi connectivity index (χ4n) is 1.95. The molecule has 0 unspecified atom stereocenters. The minimum absolute atomic E-state index is 0. The zero-order chi connectivity index (χ0) is 16.4. The normalized spacial score (nSPS) is 9.50. The van der Waals surface area contributed by atoms with Crippen molar-refractivity contribution in [3.63, 3.8) is 0 Å². The number of aromatic hydroxyl groups is 2. The van der Waals surface area contributed by atoms with Crippen LogP contribution in [-0.2, 0) is 0 Å². The second kappa shape index (κ2) is 10.2. The fourth-order valence-corrected chi connectivity index (χ4v) is 2.52. The summed E-state index contributed by atoms with van der Waals surface area (Å²) in [4.78, 5) is 13.3. The monoisotopic (exact) mass is 386 g/mol. The van der Waals surface area contributed by atoms with Crippen LogP contribution in [0, 0.1) is 0 Å². The Morgan fingerprint density at radius 3 is 1.46 bits per heavy atom. The quantitative estimate of drug-likeness (QED) is 0.365. The molecule has 9 heteroatoms. The standard InChI is InChI=1S/C15H14O5S2.2Na.2H/c1-19-11-5-9(16)7(3-13(11)21)15(18)8-4-14(22)12(20-2)6-10(8)17;;;;/h3-6,16-17,21-22H,1-2H3;;;;. The van der Waals surface area contributed by atoms with Crippen LogP contribution in [0.3, 0.4) is 0 Å². The minimum atomic E-state index is -0.564. The van der Waals surface area contributed by atoms with Crippen molar-refractivity contribution in [1.29, 1.82) is 0 Å². The van der Waals surface area contributed by atoms with Gasteiger partial charge in [0.2, 0.25) is 5.78 Å². The fraction of sp³-hybridized carbons (Fsp3) is 0.133. The first-order valence-corrected chi connectivity index (χ1v) is 7.03. The molecule has 0 spiro atoms. The van der Waals surface area contributed by atoms with Gasteiger partial charge in [-0.2, -0.15) is 0 Å². The molecular formula is C15H16Na2O5S2. The average Bonchev–Trinajstić information content (AvgIpc) is 2.50. The molecule has 0 atom stereocenters. The molecule has 0 amide bonds. The van der Waals surface area contributed by atoms with E-state index in [9.17, 15) is 15.0 Å². The third-order valence-electron chi connectivity index (χ3n) is 3.08. The molecule has 120 valence electrons. The number of phenolic OH excluding ortho intramolecular Hbond substituents is 2. The van der Waals surface area contributed by atoms with Gasteiger partial charge in [0.25, 0.3) is 0 Å². The molecule has 0 aliphatic heterocycles. The summed E-state index contributed by atoms with van der Waals surface area (Å²) in [6, 6.07) is 5.33. The molecule has 0 aromatic heterocycles. The maximum atomic E-state index is 12.5. The van der Waals surface area contributed by atoms with Crippen molar-refractivity contribution in [3.05, 3.63) is 35.4 Å². The Hall–Kier alpha value is 0.0100. The van der Waals surface area contributed by atoms with Crippen LogP contribution in [0.25, 0.3) is 0 Å². The van der Waals surface area contributed by atoms with Crippen LogP contribution in [0.15, 0.2) is 34.1 Å². The number of carbonyl (C=O) groups is 1. The number of ether oxygens (including phenoxy) is 2. The van der Waals surface area contributed by atoms with E-state index < -0.39 is 5.78 Å². The summed E-state index contributed by atoms with van der Waals surface area (Å²) >= 11 is 8.39. The number of phenols is 2. The van der Waals surface area contributed by atoms with E-state index in [-0.39, 0.29) is 81.7 Å². The predicted octanol–water partition coefficient (Wildman–Crippen LogP) is 1.63. The van der Waals surface area contributed by atoms with Gasteiger partial charge in [-0.1, -0.05) is 0 Å². The molecule has 5 nitrogen and oxygen atoms in total. The second-order valence-electron chi connectivity index (χ2n) is 4.41. The summed E-state index contributed by atoms with van der Waals surface area (Å²) in [6.45, 7) is 0. The van der Waals surface area contributed by atoms with Crippen LogP contribution in [0.5, 0.6) is 23.0 Å². The average molecular weight is 386 g/mol. The molecule has 0 radical (unpaired) electrons. The Kier molecular flexibility index (Phi) is 10.2. The number of methoxy groups -OCH3 is 2. The summed E-state index contributed by atoms with van der Waals surface area (Å²) in [6.07, 6.45) is 0. The number of carbonyl (C=O) groups excluding carboxylic acids is 1. The molecule has 0 saturated carbocycles. The first kappa shape index (κ1) is 24.0. The van der Waals surface area contributed by atoms with Gasteiger partial charge < -0.3 is 19.7 Å². The molecule has 0 fully saturated rings. The number of ketones is 1. The van der Waals surface area contributed by atoms with Gasteiger partial charge in [0, 0.05) is 21.9 Å². The first-order valence-electron chi connectivity index (χ1n) is 6.13. The summed E-state index contributed by atoms with van der Waals surface area (Å²) in [5.41, 5.74) is -0.00185. The SMILES string of the molecule is COc1cc(O)c(C(=O)c2cc(S)c(OC)cc2O)cc1S.[NaH].[NaH]. The van der Waals surface area contributed by atoms with E-state index in [1.54, 1.807) is 0 Å². The van der Waals surface area contributed by atoms with Gasteiger partial charge >= 0.3 is 59.1 Å². The van der Waals surface area contributed by atoms with Gasteiger partial charge in [-0.05, 0) is 12.1 Å². The molecule has 2 N–H and O–H groups in total. The summed E-state index contributed by atoms with van der Waals surface area (Å²) in [5, 5.41) is 20.0. The van der Waals surface area contributed by atoms with Gasteiger partial charge in [0.05, 0.1) is 25.3 Å². The number of hydrogen-bond donors (Lipinski definition) is 4. The van der Waals surface area contributed by atoms with Gasteiger partial charge in [-0.25, -0.2) is 0 Å². The molecule has 2 aromatic carbocycles. The van der Waals surface area contributed by atoms with E-state index in [1.165, 1.54) is 38.5 Å². The van der Waals surface area contributed by atoms with E-state index in [2.05, 4.69) is 25.3 Å². The summed E-state index contributed by atoms with van der Waals surface area (Å²) < 4.78 is 10.0. The van der Waals surface area contributed by atoms with E-state index in [4.69, 9.17) is 9.47 Å². The zero-order valence-electron chi connectivity index (χ0n) is 11.8. The third-order valence-corrected chi connectivity index (χ3v) is 3.78. The van der Waals surface area contributed by atoms with E-state index in [1.807, 2.05) is 0 Å². The van der Waals surface area contributed by atoms with Crippen LogP contribution in [0.4, 0.5) is 0 Å². The maximum absolute atomic E-state index is 12.5. The number of benzene rings is 2. The van der Waals surface area contributed by atoms with Gasteiger partial charge in [0.1, 0.15) is 23.0 Å². The second-order valence-corrected chi connectivity index (χ2v) is 5.38. The molecule has 0 aliphatic carbocycles. The zero-order valence-corrected chi connectivity index (χ0v) is 13.6. The van der Waals surface area contributed by atoms with Crippen LogP contribution in [0.2, 0.25) is 0 Å². The van der Waals surface area contributed by atoms with E-state index >= 15 is 0 Å². The Morgan fingerprint density at radius 2 is 1.17 bits per heavy atom. The van der Waals surface area contributed by atoms with Crippen molar-refractivity contribution >= 4 is 90.2 Å². The number of thiol groups is 2.